The van der Waals surface area contributed by atoms with Crippen LogP contribution in [0.3, 0.4) is 0 Å². The van der Waals surface area contributed by atoms with Gasteiger partial charge < -0.3 is 10.1 Å². The molecule has 2 aromatic carbocycles. The van der Waals surface area contributed by atoms with Crippen molar-refractivity contribution < 1.29 is 9.53 Å². The van der Waals surface area contributed by atoms with Gasteiger partial charge in [0, 0.05) is 12.4 Å². The highest BCUT2D eigenvalue weighted by Crippen LogP contribution is 2.32. The third-order valence-electron chi connectivity index (χ3n) is 4.45. The zero-order valence-corrected chi connectivity index (χ0v) is 18.1. The maximum atomic E-state index is 12.5. The van der Waals surface area contributed by atoms with Crippen molar-refractivity contribution in [1.29, 1.82) is 0 Å². The van der Waals surface area contributed by atoms with Gasteiger partial charge in [-0.3, -0.25) is 9.48 Å². The van der Waals surface area contributed by atoms with Crippen LogP contribution in [0, 0.1) is 6.92 Å². The van der Waals surface area contributed by atoms with Gasteiger partial charge in [-0.2, -0.15) is 10.2 Å². The lowest BCUT2D eigenvalue weighted by Gasteiger charge is -2.09. The summed E-state index contributed by atoms with van der Waals surface area (Å²) in [4.78, 5) is 12.5. The van der Waals surface area contributed by atoms with Gasteiger partial charge in [-0.15, -0.1) is 0 Å². The Morgan fingerprint density at radius 1 is 1.10 bits per heavy atom. The molecular formula is C22H19Cl2N5O2. The van der Waals surface area contributed by atoms with Crippen LogP contribution >= 0.6 is 23.2 Å². The van der Waals surface area contributed by atoms with Crippen molar-refractivity contribution in [2.75, 3.05) is 5.32 Å². The van der Waals surface area contributed by atoms with Crippen LogP contribution in [0.1, 0.15) is 21.6 Å². The predicted octanol–water partition coefficient (Wildman–Crippen LogP) is 5.03. The van der Waals surface area contributed by atoms with E-state index in [9.17, 15) is 4.79 Å². The number of carbonyl (C=O) groups excluding carboxylic acids is 1. The Kier molecular flexibility index (Phi) is 6.25. The number of aromatic nitrogens is 4. The van der Waals surface area contributed by atoms with Crippen molar-refractivity contribution >= 4 is 34.8 Å². The summed E-state index contributed by atoms with van der Waals surface area (Å²) in [5.41, 5.74) is 3.17. The average Bonchev–Trinajstić information content (AvgIpc) is 3.37. The fraction of sp³-hybridized carbons (Fsp3) is 0.136. The van der Waals surface area contributed by atoms with Gasteiger partial charge in [0.1, 0.15) is 0 Å². The van der Waals surface area contributed by atoms with Crippen LogP contribution in [0.2, 0.25) is 10.0 Å². The summed E-state index contributed by atoms with van der Waals surface area (Å²) in [6.45, 7) is 2.73. The summed E-state index contributed by atoms with van der Waals surface area (Å²) >= 11 is 12.2. The standard InChI is InChI=1S/C22H19Cl2N5O2/c1-15-4-2-5-16(10-15)12-29-13-17(11-25-29)26-22(30)20-8-9-28(27-20)14-31-21-18(23)6-3-7-19(21)24/h2-11,13H,12,14H2,1H3,(H,26,30). The number of para-hydroxylation sites is 1. The van der Waals surface area contributed by atoms with Gasteiger partial charge in [-0.1, -0.05) is 59.1 Å². The molecule has 4 aromatic rings. The molecule has 0 aliphatic carbocycles. The molecule has 31 heavy (non-hydrogen) atoms. The molecule has 0 saturated carbocycles. The van der Waals surface area contributed by atoms with Crippen molar-refractivity contribution in [3.05, 3.63) is 94.0 Å². The lowest BCUT2D eigenvalue weighted by molar-refractivity contribution is 0.102. The molecule has 0 aliphatic heterocycles. The molecule has 0 saturated heterocycles. The third-order valence-corrected chi connectivity index (χ3v) is 5.05. The van der Waals surface area contributed by atoms with E-state index in [0.717, 1.165) is 5.56 Å². The van der Waals surface area contributed by atoms with Gasteiger partial charge in [0.15, 0.2) is 18.2 Å². The fourth-order valence-corrected chi connectivity index (χ4v) is 3.52. The Morgan fingerprint density at radius 3 is 2.65 bits per heavy atom. The van der Waals surface area contributed by atoms with Gasteiger partial charge in [-0.05, 0) is 30.7 Å². The van der Waals surface area contributed by atoms with E-state index in [1.54, 1.807) is 47.5 Å². The van der Waals surface area contributed by atoms with Crippen LogP contribution in [0.25, 0.3) is 0 Å². The first-order valence-corrected chi connectivity index (χ1v) is 10.2. The van der Waals surface area contributed by atoms with E-state index in [2.05, 4.69) is 21.6 Å². The summed E-state index contributed by atoms with van der Waals surface area (Å²) < 4.78 is 8.87. The zero-order valence-electron chi connectivity index (χ0n) is 16.6. The molecule has 0 fully saturated rings. The molecule has 0 unspecified atom stereocenters. The molecule has 2 aromatic heterocycles. The van der Waals surface area contributed by atoms with Crippen molar-refractivity contribution in [3.8, 4) is 5.75 Å². The van der Waals surface area contributed by atoms with Crippen molar-refractivity contribution in [1.82, 2.24) is 19.6 Å². The van der Waals surface area contributed by atoms with Gasteiger partial charge in [0.2, 0.25) is 0 Å². The highest BCUT2D eigenvalue weighted by atomic mass is 35.5. The largest absolute Gasteiger partial charge is 0.468 e. The number of nitrogens with zero attached hydrogens (tertiary/aromatic N) is 4. The SMILES string of the molecule is Cc1cccc(Cn2cc(NC(=O)c3ccn(COc4c(Cl)cccc4Cl)n3)cn2)c1. The molecule has 0 spiro atoms. The van der Waals surface area contributed by atoms with Gasteiger partial charge >= 0.3 is 0 Å². The van der Waals surface area contributed by atoms with Gasteiger partial charge in [-0.25, -0.2) is 4.68 Å². The smallest absolute Gasteiger partial charge is 0.276 e. The minimum absolute atomic E-state index is 0.0607. The predicted molar refractivity (Wildman–Crippen MR) is 120 cm³/mol. The maximum Gasteiger partial charge on any atom is 0.276 e. The second-order valence-corrected chi connectivity index (χ2v) is 7.75. The monoisotopic (exact) mass is 455 g/mol. The summed E-state index contributed by atoms with van der Waals surface area (Å²) in [5, 5.41) is 12.1. The maximum absolute atomic E-state index is 12.5. The number of hydrogen-bond acceptors (Lipinski definition) is 4. The number of benzene rings is 2. The average molecular weight is 456 g/mol. The molecule has 0 aliphatic rings. The molecule has 158 valence electrons. The number of rotatable bonds is 7. The molecule has 1 N–H and O–H groups in total. The highest BCUT2D eigenvalue weighted by Gasteiger charge is 2.12. The number of aryl methyl sites for hydroxylation is 1. The Balaban J connectivity index is 1.35. The Bertz CT molecular complexity index is 1200. The van der Waals surface area contributed by atoms with E-state index in [0.29, 0.717) is 28.0 Å². The van der Waals surface area contributed by atoms with Crippen LogP contribution in [-0.2, 0) is 13.3 Å². The van der Waals surface area contributed by atoms with E-state index in [1.807, 2.05) is 25.1 Å². The van der Waals surface area contributed by atoms with Crippen LogP contribution in [0.5, 0.6) is 5.75 Å². The van der Waals surface area contributed by atoms with Crippen LogP contribution < -0.4 is 10.1 Å². The number of nitrogens with one attached hydrogen (secondary N) is 1. The molecule has 7 nitrogen and oxygen atoms in total. The first-order chi connectivity index (χ1) is 15.0. The minimum atomic E-state index is -0.343. The second kappa shape index (κ2) is 9.24. The number of ether oxygens (including phenoxy) is 1. The van der Waals surface area contributed by atoms with E-state index in [1.165, 1.54) is 10.2 Å². The molecule has 0 bridgehead atoms. The van der Waals surface area contributed by atoms with Gasteiger partial charge in [0.05, 0.1) is 28.5 Å². The number of carbonyl (C=O) groups is 1. The van der Waals surface area contributed by atoms with Crippen molar-refractivity contribution in [2.24, 2.45) is 0 Å². The van der Waals surface area contributed by atoms with Crippen LogP contribution in [0.4, 0.5) is 5.69 Å². The zero-order chi connectivity index (χ0) is 21.8. The second-order valence-electron chi connectivity index (χ2n) is 6.93. The molecule has 2 heterocycles. The number of amides is 1. The quantitative estimate of drug-likeness (QED) is 0.423. The molecule has 0 radical (unpaired) electrons. The summed E-state index contributed by atoms with van der Waals surface area (Å²) in [7, 11) is 0. The third kappa shape index (κ3) is 5.25. The van der Waals surface area contributed by atoms with Crippen molar-refractivity contribution in [3.63, 3.8) is 0 Å². The van der Waals surface area contributed by atoms with Crippen LogP contribution in [0.15, 0.2) is 67.1 Å². The minimum Gasteiger partial charge on any atom is -0.468 e. The number of halogens is 2. The molecule has 0 atom stereocenters. The summed E-state index contributed by atoms with van der Waals surface area (Å²) in [6, 6.07) is 14.9. The Hall–Kier alpha value is -3.29. The first-order valence-electron chi connectivity index (χ1n) is 9.47. The lowest BCUT2D eigenvalue weighted by Crippen LogP contribution is -2.14. The molecule has 4 rings (SSSR count). The Morgan fingerprint density at radius 2 is 1.87 bits per heavy atom. The fourth-order valence-electron chi connectivity index (χ4n) is 3.01. The topological polar surface area (TPSA) is 74.0 Å². The van der Waals surface area contributed by atoms with Crippen LogP contribution in [-0.4, -0.2) is 25.5 Å². The Labute approximate surface area is 189 Å². The molecule has 1 amide bonds. The lowest BCUT2D eigenvalue weighted by atomic mass is 10.1. The van der Waals surface area contributed by atoms with E-state index in [4.69, 9.17) is 27.9 Å². The van der Waals surface area contributed by atoms with E-state index >= 15 is 0 Å². The first kappa shape index (κ1) is 21.0. The normalized spacial score (nSPS) is 10.8. The summed E-state index contributed by atoms with van der Waals surface area (Å²) in [6.07, 6.45) is 5.02. The van der Waals surface area contributed by atoms with E-state index < -0.39 is 0 Å². The van der Waals surface area contributed by atoms with Gasteiger partial charge in [0.25, 0.3) is 5.91 Å². The highest BCUT2D eigenvalue weighted by molar-refractivity contribution is 6.37. The number of hydrogen-bond donors (Lipinski definition) is 1. The molecule has 9 heteroatoms. The summed E-state index contributed by atoms with van der Waals surface area (Å²) in [5.74, 6) is 0.0259. The van der Waals surface area contributed by atoms with E-state index in [-0.39, 0.29) is 18.3 Å². The number of anilines is 1. The molecular weight excluding hydrogens is 437 g/mol. The van der Waals surface area contributed by atoms with Crippen molar-refractivity contribution in [2.45, 2.75) is 20.2 Å².